The van der Waals surface area contributed by atoms with Crippen molar-refractivity contribution in [3.05, 3.63) is 23.8 Å². The topological polar surface area (TPSA) is 124 Å². The monoisotopic (exact) mass is 413 g/mol. The molecule has 2 aromatic rings. The minimum absolute atomic E-state index is 0.124. The lowest BCUT2D eigenvalue weighted by molar-refractivity contribution is -0.0440. The zero-order valence-electron chi connectivity index (χ0n) is 16.9. The summed E-state index contributed by atoms with van der Waals surface area (Å²) in [6.45, 7) is 0.359. The lowest BCUT2D eigenvalue weighted by Crippen LogP contribution is -2.29. The minimum Gasteiger partial charge on any atom is -0.382 e. The van der Waals surface area contributed by atoms with E-state index in [1.807, 2.05) is 19.4 Å². The van der Waals surface area contributed by atoms with Gasteiger partial charge in [-0.2, -0.15) is 0 Å². The van der Waals surface area contributed by atoms with Crippen molar-refractivity contribution in [3.8, 4) is 0 Å². The van der Waals surface area contributed by atoms with Crippen LogP contribution in [0.3, 0.4) is 0 Å². The molecule has 158 valence electrons. The molecule has 11 nitrogen and oxygen atoms in total. The summed E-state index contributed by atoms with van der Waals surface area (Å²) in [5, 5.41) is 16.4. The highest BCUT2D eigenvalue weighted by atomic mass is 16.6. The minimum atomic E-state index is -0.369. The summed E-state index contributed by atoms with van der Waals surface area (Å²) < 4.78 is 26.3. The van der Waals surface area contributed by atoms with E-state index in [0.717, 1.165) is 11.4 Å². The number of aromatic nitrogens is 6. The first-order valence-corrected chi connectivity index (χ1v) is 9.99. The maximum absolute atomic E-state index is 6.02. The average molecular weight is 413 g/mol. The Hall–Kier alpha value is -1.79. The summed E-state index contributed by atoms with van der Waals surface area (Å²) in [7, 11) is 13.7. The zero-order valence-corrected chi connectivity index (χ0v) is 16.9. The molecule has 0 bridgehead atoms. The number of rotatable bonds is 9. The molecule has 2 N–H and O–H groups in total. The fourth-order valence-corrected chi connectivity index (χ4v) is 3.90. The van der Waals surface area contributed by atoms with Gasteiger partial charge in [-0.15, -0.1) is 10.2 Å². The van der Waals surface area contributed by atoms with Gasteiger partial charge in [0, 0.05) is 38.1 Å². The average Bonchev–Trinajstić information content (AvgIpc) is 3.45. The predicted molar refractivity (Wildman–Crippen MR) is 105 cm³/mol. The lowest BCUT2D eigenvalue weighted by Gasteiger charge is -2.18. The highest BCUT2D eigenvalue weighted by molar-refractivity contribution is 6.11. The van der Waals surface area contributed by atoms with Gasteiger partial charge in [-0.25, -0.2) is 4.68 Å². The maximum atomic E-state index is 6.02. The summed E-state index contributed by atoms with van der Waals surface area (Å²) in [6, 6.07) is -0.728. The van der Waals surface area contributed by atoms with Crippen LogP contribution in [-0.2, 0) is 45.6 Å². The molecular formula is C17H25B2N7O4. The first-order valence-electron chi connectivity index (χ1n) is 9.99. The lowest BCUT2D eigenvalue weighted by atomic mass is 9.95. The Morgan fingerprint density at radius 3 is 2.20 bits per heavy atom. The molecular weight excluding hydrogens is 388 g/mol. The van der Waals surface area contributed by atoms with E-state index in [9.17, 15) is 0 Å². The number of hydrogen-bond acceptors (Lipinski definition) is 9. The van der Waals surface area contributed by atoms with Gasteiger partial charge in [0.05, 0.1) is 48.7 Å². The van der Waals surface area contributed by atoms with Gasteiger partial charge < -0.3 is 24.7 Å². The maximum Gasteiger partial charge on any atom is 0.141 e. The van der Waals surface area contributed by atoms with Crippen molar-refractivity contribution in [2.45, 2.75) is 68.8 Å². The number of nitrogens with zero attached hydrogens (tertiary/aromatic N) is 6. The summed E-state index contributed by atoms with van der Waals surface area (Å²) in [4.78, 5) is 0. The second-order valence-corrected chi connectivity index (χ2v) is 7.64. The van der Waals surface area contributed by atoms with E-state index in [2.05, 4.69) is 20.6 Å². The van der Waals surface area contributed by atoms with Gasteiger partial charge in [-0.3, -0.25) is 4.68 Å². The van der Waals surface area contributed by atoms with Crippen LogP contribution in [0, 0.1) is 0 Å². The number of hydrogen-bond donors (Lipinski definition) is 1. The molecule has 0 amide bonds. The molecule has 6 unspecified atom stereocenters. The summed E-state index contributed by atoms with van der Waals surface area (Å²) in [5.41, 5.74) is 7.08. The molecule has 2 aliphatic rings. The van der Waals surface area contributed by atoms with Crippen LogP contribution in [0.4, 0.5) is 0 Å². The molecule has 4 heterocycles. The fraction of sp³-hybridized carbons (Fsp3) is 0.765. The third kappa shape index (κ3) is 5.27. The Kier molecular flexibility index (Phi) is 6.84. The van der Waals surface area contributed by atoms with E-state index in [4.69, 9.17) is 40.4 Å². The summed E-state index contributed by atoms with van der Waals surface area (Å²) >= 11 is 0. The molecule has 13 heteroatoms. The van der Waals surface area contributed by atoms with Gasteiger partial charge in [-0.1, -0.05) is 10.4 Å². The highest BCUT2D eigenvalue weighted by Crippen LogP contribution is 2.25. The van der Waals surface area contributed by atoms with Gasteiger partial charge in [0.1, 0.15) is 22.4 Å². The van der Waals surface area contributed by atoms with Gasteiger partial charge in [0.25, 0.3) is 0 Å². The smallest absolute Gasteiger partial charge is 0.141 e. The molecule has 2 aliphatic heterocycles. The molecule has 0 aromatic carbocycles. The van der Waals surface area contributed by atoms with Crippen molar-refractivity contribution in [3.63, 3.8) is 0 Å². The second-order valence-electron chi connectivity index (χ2n) is 7.64. The molecule has 2 fully saturated rings. The molecule has 4 radical (unpaired) electrons. The summed E-state index contributed by atoms with van der Waals surface area (Å²) in [5.74, 6) is 0. The third-order valence-corrected chi connectivity index (χ3v) is 5.25. The van der Waals surface area contributed by atoms with Crippen LogP contribution in [0.15, 0.2) is 12.4 Å². The molecule has 2 saturated heterocycles. The van der Waals surface area contributed by atoms with E-state index in [1.54, 1.807) is 9.36 Å². The van der Waals surface area contributed by atoms with Crippen molar-refractivity contribution in [2.75, 3.05) is 6.73 Å². The Morgan fingerprint density at radius 2 is 1.60 bits per heavy atom. The van der Waals surface area contributed by atoms with E-state index >= 15 is 0 Å². The number of nitrogens with two attached hydrogens (primary N) is 1. The second kappa shape index (κ2) is 9.56. The molecule has 0 aliphatic carbocycles. The van der Waals surface area contributed by atoms with Crippen LogP contribution < -0.4 is 5.73 Å². The van der Waals surface area contributed by atoms with Crippen molar-refractivity contribution >= 4 is 15.7 Å². The Morgan fingerprint density at radius 1 is 1.00 bits per heavy atom. The Bertz CT molecular complexity index is 822. The van der Waals surface area contributed by atoms with Crippen LogP contribution in [0.1, 0.15) is 24.2 Å². The molecule has 30 heavy (non-hydrogen) atoms. The fourth-order valence-electron chi connectivity index (χ4n) is 3.90. The normalized spacial score (nSPS) is 31.5. The zero-order chi connectivity index (χ0) is 21.1. The standard InChI is InChI=1S/C17H25B2N7O4/c1-25-6-10(21-23-25)2-15-13(5-17(19)30-15)28-9-26-7-11(22-24-26)3-14-12(27-8-20)4-16(18)29-14/h6-7,12-17H,2-5,8-9,20H2,1H3. The van der Waals surface area contributed by atoms with Crippen molar-refractivity contribution in [1.29, 1.82) is 0 Å². The number of aryl methyl sites for hydroxylation is 1. The van der Waals surface area contributed by atoms with Gasteiger partial charge in [0.2, 0.25) is 0 Å². The van der Waals surface area contributed by atoms with E-state index < -0.39 is 0 Å². The highest BCUT2D eigenvalue weighted by Gasteiger charge is 2.35. The van der Waals surface area contributed by atoms with Crippen LogP contribution in [0.5, 0.6) is 0 Å². The van der Waals surface area contributed by atoms with E-state index in [0.29, 0.717) is 25.7 Å². The molecule has 0 saturated carbocycles. The first-order chi connectivity index (χ1) is 14.5. The predicted octanol–water partition coefficient (Wildman–Crippen LogP) is -1.60. The van der Waals surface area contributed by atoms with Crippen molar-refractivity contribution in [1.82, 2.24) is 30.0 Å². The third-order valence-electron chi connectivity index (χ3n) is 5.25. The molecule has 2 aromatic heterocycles. The SMILES string of the molecule is [B]C1CC(OCn2cc(CC3OC([B])CC3OCN)nn2)C(Cc2cn(C)nn2)O1. The Labute approximate surface area is 177 Å². The van der Waals surface area contributed by atoms with Gasteiger partial charge in [-0.05, 0) is 12.8 Å². The van der Waals surface area contributed by atoms with Crippen LogP contribution in [0.2, 0.25) is 0 Å². The van der Waals surface area contributed by atoms with Crippen molar-refractivity contribution < 1.29 is 18.9 Å². The quantitative estimate of drug-likeness (QED) is 0.383. The largest absolute Gasteiger partial charge is 0.382 e. The molecule has 6 atom stereocenters. The van der Waals surface area contributed by atoms with E-state index in [1.165, 1.54) is 0 Å². The van der Waals surface area contributed by atoms with Gasteiger partial charge >= 0.3 is 0 Å². The Balaban J connectivity index is 1.30. The van der Waals surface area contributed by atoms with Crippen LogP contribution in [0.25, 0.3) is 0 Å². The van der Waals surface area contributed by atoms with Crippen LogP contribution in [-0.4, -0.2) is 88.8 Å². The van der Waals surface area contributed by atoms with Crippen molar-refractivity contribution in [2.24, 2.45) is 12.8 Å². The van der Waals surface area contributed by atoms with Gasteiger partial charge in [0.15, 0.2) is 0 Å². The molecule has 4 rings (SSSR count). The molecule has 0 spiro atoms. The summed E-state index contributed by atoms with van der Waals surface area (Å²) in [6.07, 6.45) is 5.27. The van der Waals surface area contributed by atoms with E-state index in [-0.39, 0.29) is 49.9 Å². The number of ether oxygens (including phenoxy) is 4. The van der Waals surface area contributed by atoms with Crippen LogP contribution >= 0.6 is 0 Å². The first kappa shape index (κ1) is 21.4.